The van der Waals surface area contributed by atoms with Crippen molar-refractivity contribution in [2.45, 2.75) is 11.4 Å². The molecule has 9 heteroatoms. The van der Waals surface area contributed by atoms with Crippen molar-refractivity contribution < 1.29 is 14.2 Å². The monoisotopic (exact) mass is 486 g/mol. The third-order valence-electron chi connectivity index (χ3n) is 4.45. The minimum absolute atomic E-state index is 0.403. The lowest BCUT2D eigenvalue weighted by Gasteiger charge is -2.22. The molecule has 0 radical (unpaired) electrons. The number of hydrogen-bond donors (Lipinski definition) is 1. The Morgan fingerprint density at radius 3 is 2.73 bits per heavy atom. The van der Waals surface area contributed by atoms with Crippen LogP contribution in [0.4, 0.5) is 5.69 Å². The predicted molar refractivity (Wildman–Crippen MR) is 120 cm³/mol. The second-order valence-electron chi connectivity index (χ2n) is 6.26. The molecule has 3 aromatic rings. The van der Waals surface area contributed by atoms with Crippen LogP contribution in [0.1, 0.15) is 11.8 Å². The highest BCUT2D eigenvalue weighted by atomic mass is 79.9. The molecule has 1 N–H and O–H groups in total. The van der Waals surface area contributed by atoms with Gasteiger partial charge in [0.15, 0.2) is 23.4 Å². The molecular weight excluding hydrogens is 468 g/mol. The van der Waals surface area contributed by atoms with Crippen LogP contribution < -0.4 is 19.5 Å². The van der Waals surface area contributed by atoms with Gasteiger partial charge in [0.05, 0.1) is 14.2 Å². The van der Waals surface area contributed by atoms with E-state index in [4.69, 9.17) is 14.2 Å². The molecule has 0 aliphatic carbocycles. The summed E-state index contributed by atoms with van der Waals surface area (Å²) in [5.41, 5.74) is 3.15. The number of aromatic nitrogens is 3. The molecule has 0 saturated heterocycles. The van der Waals surface area contributed by atoms with E-state index in [1.165, 1.54) is 11.8 Å². The lowest BCUT2D eigenvalue weighted by Crippen LogP contribution is -2.18. The zero-order chi connectivity index (χ0) is 21.1. The minimum atomic E-state index is -0.546. The van der Waals surface area contributed by atoms with Crippen molar-refractivity contribution in [1.82, 2.24) is 15.2 Å². The molecule has 0 amide bonds. The lowest BCUT2D eigenvalue weighted by molar-refractivity contribution is 0.223. The Morgan fingerprint density at radius 1 is 1.20 bits per heavy atom. The van der Waals surface area contributed by atoms with Gasteiger partial charge >= 0.3 is 0 Å². The standard InChI is InChI=1S/C21H19BrN4O3S/c1-4-9-30-21-24-20-18(25-26-21)12-7-5-6-8-15(12)23-19(29-20)13-10-16(27-2)17(28-3)11-14(13)22/h4-8,10-11,19,23H,1,9H2,2-3H3. The summed E-state index contributed by atoms with van der Waals surface area (Å²) >= 11 is 5.07. The zero-order valence-corrected chi connectivity index (χ0v) is 18.8. The van der Waals surface area contributed by atoms with E-state index in [0.717, 1.165) is 21.3 Å². The fourth-order valence-electron chi connectivity index (χ4n) is 3.05. The molecule has 2 aromatic carbocycles. The summed E-state index contributed by atoms with van der Waals surface area (Å²) in [6, 6.07) is 11.5. The second kappa shape index (κ2) is 8.93. The number of fused-ring (bicyclic) bond motifs is 3. The summed E-state index contributed by atoms with van der Waals surface area (Å²) < 4.78 is 18.0. The number of para-hydroxylation sites is 1. The highest BCUT2D eigenvalue weighted by Crippen LogP contribution is 2.43. The molecule has 154 valence electrons. The summed E-state index contributed by atoms with van der Waals surface area (Å²) in [5, 5.41) is 12.6. The Balaban J connectivity index is 1.82. The largest absolute Gasteiger partial charge is 0.493 e. The zero-order valence-electron chi connectivity index (χ0n) is 16.4. The highest BCUT2D eigenvalue weighted by molar-refractivity contribution is 9.10. The number of nitrogens with zero attached hydrogens (tertiary/aromatic N) is 3. The number of ether oxygens (including phenoxy) is 3. The van der Waals surface area contributed by atoms with Crippen molar-refractivity contribution in [1.29, 1.82) is 0 Å². The van der Waals surface area contributed by atoms with Gasteiger partial charge in [-0.15, -0.1) is 16.8 Å². The Bertz CT molecular complexity index is 1100. The van der Waals surface area contributed by atoms with Crippen LogP contribution in [-0.4, -0.2) is 35.2 Å². The SMILES string of the molecule is C=CCSc1nnc2c(n1)OC(c1cc(OC)c(OC)cc1Br)Nc1ccccc1-2. The Hall–Kier alpha value is -2.78. The van der Waals surface area contributed by atoms with Gasteiger partial charge in [0.2, 0.25) is 11.0 Å². The molecule has 7 nitrogen and oxygen atoms in total. The molecule has 0 saturated carbocycles. The first-order chi connectivity index (χ1) is 14.6. The van der Waals surface area contributed by atoms with Gasteiger partial charge in [-0.1, -0.05) is 52.0 Å². The quantitative estimate of drug-likeness (QED) is 0.380. The molecule has 30 heavy (non-hydrogen) atoms. The summed E-state index contributed by atoms with van der Waals surface area (Å²) in [5.74, 6) is 2.30. The van der Waals surface area contributed by atoms with E-state index in [0.29, 0.717) is 34.0 Å². The van der Waals surface area contributed by atoms with E-state index < -0.39 is 6.23 Å². The third kappa shape index (κ3) is 3.95. The van der Waals surface area contributed by atoms with Crippen LogP contribution in [0.5, 0.6) is 17.4 Å². The number of nitrogens with one attached hydrogen (secondary N) is 1. The van der Waals surface area contributed by atoms with Gasteiger partial charge in [-0.2, -0.15) is 4.98 Å². The number of thioether (sulfide) groups is 1. The molecular formula is C21H19BrN4O3S. The number of rotatable bonds is 6. The molecule has 0 fully saturated rings. The van der Waals surface area contributed by atoms with Gasteiger partial charge in [-0.25, -0.2) is 0 Å². The number of anilines is 1. The topological polar surface area (TPSA) is 78.4 Å². The van der Waals surface area contributed by atoms with Crippen LogP contribution in [0, 0.1) is 0 Å². The summed E-state index contributed by atoms with van der Waals surface area (Å²) in [6.07, 6.45) is 1.25. The van der Waals surface area contributed by atoms with E-state index in [9.17, 15) is 0 Å². The van der Waals surface area contributed by atoms with Gasteiger partial charge < -0.3 is 19.5 Å². The van der Waals surface area contributed by atoms with Crippen molar-refractivity contribution in [3.63, 3.8) is 0 Å². The molecule has 1 aliphatic heterocycles. The van der Waals surface area contributed by atoms with Gasteiger partial charge in [0, 0.05) is 27.0 Å². The lowest BCUT2D eigenvalue weighted by atomic mass is 10.1. The number of halogens is 1. The van der Waals surface area contributed by atoms with E-state index in [1.807, 2.05) is 36.4 Å². The molecule has 1 atom stereocenters. The summed E-state index contributed by atoms with van der Waals surface area (Å²) in [7, 11) is 3.20. The third-order valence-corrected chi connectivity index (χ3v) is 5.97. The molecule has 1 unspecified atom stereocenters. The van der Waals surface area contributed by atoms with Gasteiger partial charge in [0.25, 0.3) is 0 Å². The van der Waals surface area contributed by atoms with Gasteiger partial charge in [0.1, 0.15) is 0 Å². The van der Waals surface area contributed by atoms with Crippen LogP contribution in [-0.2, 0) is 0 Å². The molecule has 4 rings (SSSR count). The van der Waals surface area contributed by atoms with Crippen LogP contribution in [0.3, 0.4) is 0 Å². The first-order valence-electron chi connectivity index (χ1n) is 9.07. The molecule has 1 aliphatic rings. The van der Waals surface area contributed by atoms with Crippen LogP contribution >= 0.6 is 27.7 Å². The van der Waals surface area contributed by atoms with Gasteiger partial charge in [-0.05, 0) is 18.2 Å². The Labute approximate surface area is 187 Å². The average Bonchev–Trinajstić information content (AvgIpc) is 2.93. The number of benzene rings is 2. The fraction of sp³-hybridized carbons (Fsp3) is 0.190. The maximum absolute atomic E-state index is 6.31. The van der Waals surface area contributed by atoms with E-state index in [1.54, 1.807) is 20.3 Å². The first kappa shape index (κ1) is 20.5. The van der Waals surface area contributed by atoms with E-state index >= 15 is 0 Å². The Morgan fingerprint density at radius 2 is 1.97 bits per heavy atom. The molecule has 2 heterocycles. The van der Waals surface area contributed by atoms with Crippen LogP contribution in [0.2, 0.25) is 0 Å². The van der Waals surface area contributed by atoms with Crippen molar-refractivity contribution in [3.05, 3.63) is 59.1 Å². The van der Waals surface area contributed by atoms with E-state index in [-0.39, 0.29) is 0 Å². The van der Waals surface area contributed by atoms with Crippen molar-refractivity contribution in [2.24, 2.45) is 0 Å². The van der Waals surface area contributed by atoms with Crippen molar-refractivity contribution in [2.75, 3.05) is 25.3 Å². The number of methoxy groups -OCH3 is 2. The van der Waals surface area contributed by atoms with Crippen molar-refractivity contribution >= 4 is 33.4 Å². The fourth-order valence-corrected chi connectivity index (χ4v) is 4.10. The maximum atomic E-state index is 6.31. The van der Waals surface area contributed by atoms with Crippen LogP contribution in [0.25, 0.3) is 11.3 Å². The minimum Gasteiger partial charge on any atom is -0.493 e. The highest BCUT2D eigenvalue weighted by Gasteiger charge is 2.28. The van der Waals surface area contributed by atoms with Gasteiger partial charge in [-0.3, -0.25) is 0 Å². The average molecular weight is 487 g/mol. The molecule has 1 aromatic heterocycles. The normalized spacial score (nSPS) is 14.4. The van der Waals surface area contributed by atoms with E-state index in [2.05, 4.69) is 43.0 Å². The first-order valence-corrected chi connectivity index (χ1v) is 10.8. The predicted octanol–water partition coefficient (Wildman–Crippen LogP) is 5.10. The second-order valence-corrected chi connectivity index (χ2v) is 8.11. The summed E-state index contributed by atoms with van der Waals surface area (Å²) in [6.45, 7) is 3.73. The molecule has 0 spiro atoms. The maximum Gasteiger partial charge on any atom is 0.247 e. The van der Waals surface area contributed by atoms with Crippen LogP contribution in [0.15, 0.2) is 58.7 Å². The number of hydrogen-bond acceptors (Lipinski definition) is 8. The smallest absolute Gasteiger partial charge is 0.247 e. The Kier molecular flexibility index (Phi) is 6.10. The summed E-state index contributed by atoms with van der Waals surface area (Å²) in [4.78, 5) is 4.60. The van der Waals surface area contributed by atoms with Crippen molar-refractivity contribution in [3.8, 4) is 28.6 Å². The molecule has 0 bridgehead atoms.